The smallest absolute Gasteiger partial charge is 0.145 e. The fourth-order valence-electron chi connectivity index (χ4n) is 5.71. The molecule has 0 bridgehead atoms. The van der Waals surface area contributed by atoms with Crippen molar-refractivity contribution in [2.45, 2.75) is 39.5 Å². The first kappa shape index (κ1) is 24.4. The van der Waals surface area contributed by atoms with Gasteiger partial charge in [0, 0.05) is 27.6 Å². The van der Waals surface area contributed by atoms with Crippen molar-refractivity contribution in [1.82, 2.24) is 9.55 Å². The molecule has 0 N–H and O–H groups in total. The molecule has 5 aromatic carbocycles. The van der Waals surface area contributed by atoms with Gasteiger partial charge in [-0.3, -0.25) is 4.57 Å². The van der Waals surface area contributed by atoms with Gasteiger partial charge in [-0.2, -0.15) is 0 Å². The Morgan fingerprint density at radius 2 is 1.35 bits per heavy atom. The normalized spacial score (nSPS) is 11.9. The maximum absolute atomic E-state index is 6.57. The zero-order valence-electron chi connectivity index (χ0n) is 23.3. The lowest BCUT2D eigenvalue weighted by Crippen LogP contribution is -1.97. The summed E-state index contributed by atoms with van der Waals surface area (Å²) in [5.41, 5.74) is 11.0. The van der Waals surface area contributed by atoms with Crippen molar-refractivity contribution in [1.29, 1.82) is 0 Å². The Bertz CT molecular complexity index is 2010. The highest BCUT2D eigenvalue weighted by molar-refractivity contribution is 6.10. The van der Waals surface area contributed by atoms with E-state index in [2.05, 4.69) is 129 Å². The van der Waals surface area contributed by atoms with Crippen molar-refractivity contribution in [3.05, 3.63) is 120 Å². The molecular formula is C37H32N2O. The molecule has 7 rings (SSSR count). The van der Waals surface area contributed by atoms with E-state index in [4.69, 9.17) is 9.40 Å². The van der Waals surface area contributed by atoms with E-state index in [1.54, 1.807) is 0 Å². The van der Waals surface area contributed by atoms with Gasteiger partial charge in [0.05, 0.1) is 11.0 Å². The molecule has 0 fully saturated rings. The van der Waals surface area contributed by atoms with Gasteiger partial charge in [0.15, 0.2) is 0 Å². The van der Waals surface area contributed by atoms with E-state index in [-0.39, 0.29) is 0 Å². The van der Waals surface area contributed by atoms with Crippen LogP contribution in [0.2, 0.25) is 0 Å². The first-order valence-corrected chi connectivity index (χ1v) is 14.1. The second-order valence-electron chi connectivity index (χ2n) is 11.3. The number of aromatic nitrogens is 2. The Kier molecular flexibility index (Phi) is 5.82. The van der Waals surface area contributed by atoms with E-state index in [0.717, 1.165) is 50.4 Å². The molecule has 0 aliphatic carbocycles. The maximum Gasteiger partial charge on any atom is 0.145 e. The Hall–Kier alpha value is -4.63. The molecule has 196 valence electrons. The van der Waals surface area contributed by atoms with Gasteiger partial charge in [0.2, 0.25) is 0 Å². The summed E-state index contributed by atoms with van der Waals surface area (Å²) in [6.07, 6.45) is 0. The number of nitrogens with zero attached hydrogens (tertiary/aromatic N) is 2. The second kappa shape index (κ2) is 9.53. The lowest BCUT2D eigenvalue weighted by Gasteiger charge is -2.13. The summed E-state index contributed by atoms with van der Waals surface area (Å²) in [7, 11) is 0. The molecule has 0 aliphatic rings. The number of fused-ring (bicyclic) bond motifs is 4. The highest BCUT2D eigenvalue weighted by atomic mass is 16.3. The van der Waals surface area contributed by atoms with Crippen molar-refractivity contribution < 1.29 is 4.42 Å². The minimum Gasteiger partial charge on any atom is -0.455 e. The number of rotatable bonds is 5. The average molecular weight is 521 g/mol. The summed E-state index contributed by atoms with van der Waals surface area (Å²) in [5, 5.41) is 2.37. The molecule has 0 atom stereocenters. The molecule has 40 heavy (non-hydrogen) atoms. The summed E-state index contributed by atoms with van der Waals surface area (Å²) in [6, 6.07) is 38.8. The van der Waals surface area contributed by atoms with Crippen LogP contribution >= 0.6 is 0 Å². The third-order valence-electron chi connectivity index (χ3n) is 7.96. The Labute approximate surface area is 234 Å². The van der Waals surface area contributed by atoms with Crippen molar-refractivity contribution in [2.24, 2.45) is 0 Å². The molecule has 0 radical (unpaired) electrons. The van der Waals surface area contributed by atoms with Crippen molar-refractivity contribution in [3.63, 3.8) is 0 Å². The SMILES string of the molecule is CC(C)c1ccc2oc3c(-c4cccc(-c5nc6ccccc6n5-c5ccccc5)c4)cc(C(C)C)cc3c2c1. The van der Waals surface area contributed by atoms with Gasteiger partial charge in [-0.15, -0.1) is 0 Å². The second-order valence-corrected chi connectivity index (χ2v) is 11.3. The van der Waals surface area contributed by atoms with Crippen molar-refractivity contribution in [3.8, 4) is 28.2 Å². The van der Waals surface area contributed by atoms with Gasteiger partial charge in [-0.05, 0) is 83.1 Å². The monoisotopic (exact) mass is 520 g/mol. The zero-order chi connectivity index (χ0) is 27.4. The van der Waals surface area contributed by atoms with Gasteiger partial charge in [-0.1, -0.05) is 82.3 Å². The van der Waals surface area contributed by atoms with E-state index in [9.17, 15) is 0 Å². The van der Waals surface area contributed by atoms with Gasteiger partial charge in [-0.25, -0.2) is 4.98 Å². The van der Waals surface area contributed by atoms with Gasteiger partial charge >= 0.3 is 0 Å². The first-order valence-electron chi connectivity index (χ1n) is 14.1. The highest BCUT2D eigenvalue weighted by Gasteiger charge is 2.19. The number of para-hydroxylation sites is 3. The summed E-state index contributed by atoms with van der Waals surface area (Å²) in [5.74, 6) is 1.78. The largest absolute Gasteiger partial charge is 0.455 e. The molecule has 0 saturated heterocycles. The van der Waals surface area contributed by atoms with Gasteiger partial charge < -0.3 is 4.42 Å². The van der Waals surface area contributed by atoms with Crippen LogP contribution in [-0.4, -0.2) is 9.55 Å². The van der Waals surface area contributed by atoms with E-state index >= 15 is 0 Å². The number of benzene rings is 5. The minimum atomic E-state index is 0.395. The topological polar surface area (TPSA) is 31.0 Å². The summed E-state index contributed by atoms with van der Waals surface area (Å²) < 4.78 is 8.83. The molecule has 7 aromatic rings. The molecule has 0 unspecified atom stereocenters. The van der Waals surface area contributed by atoms with Crippen LogP contribution < -0.4 is 0 Å². The maximum atomic E-state index is 6.57. The molecule has 3 nitrogen and oxygen atoms in total. The highest BCUT2D eigenvalue weighted by Crippen LogP contribution is 2.40. The van der Waals surface area contributed by atoms with Crippen LogP contribution in [0.25, 0.3) is 61.2 Å². The van der Waals surface area contributed by atoms with Crippen LogP contribution in [0.15, 0.2) is 114 Å². The number of furan rings is 1. The van der Waals surface area contributed by atoms with Crippen LogP contribution in [0.3, 0.4) is 0 Å². The average Bonchev–Trinajstić information content (AvgIpc) is 3.55. The van der Waals surface area contributed by atoms with Crippen LogP contribution in [0, 0.1) is 0 Å². The molecule has 3 heteroatoms. The van der Waals surface area contributed by atoms with Gasteiger partial charge in [0.1, 0.15) is 17.0 Å². The van der Waals surface area contributed by atoms with E-state index < -0.39 is 0 Å². The molecule has 0 saturated carbocycles. The Morgan fingerprint density at radius 1 is 0.625 bits per heavy atom. The Balaban J connectivity index is 1.47. The third-order valence-corrected chi connectivity index (χ3v) is 7.96. The molecule has 2 heterocycles. The summed E-state index contributed by atoms with van der Waals surface area (Å²) in [4.78, 5) is 5.10. The zero-order valence-corrected chi connectivity index (χ0v) is 23.3. The van der Waals surface area contributed by atoms with Gasteiger partial charge in [0.25, 0.3) is 0 Å². The number of imidazole rings is 1. The number of hydrogen-bond acceptors (Lipinski definition) is 2. The summed E-state index contributed by atoms with van der Waals surface area (Å²) in [6.45, 7) is 8.99. The standard InChI is InChI=1S/C37H32N2O/c1-23(2)25-17-18-35-31(20-25)32-22-28(24(3)4)21-30(36(32)40-35)26-11-10-12-27(19-26)37-38-33-15-8-9-16-34(33)39(37)29-13-6-5-7-14-29/h5-24H,1-4H3. The lowest BCUT2D eigenvalue weighted by molar-refractivity contribution is 0.669. The van der Waals surface area contributed by atoms with Crippen LogP contribution in [0.4, 0.5) is 0 Å². The molecule has 0 spiro atoms. The Morgan fingerprint density at radius 3 is 2.15 bits per heavy atom. The van der Waals surface area contributed by atoms with E-state index in [1.807, 2.05) is 12.1 Å². The molecule has 0 aliphatic heterocycles. The predicted octanol–water partition coefficient (Wildman–Crippen LogP) is 10.5. The first-order chi connectivity index (χ1) is 19.5. The van der Waals surface area contributed by atoms with Crippen LogP contribution in [0.1, 0.15) is 50.7 Å². The fourth-order valence-corrected chi connectivity index (χ4v) is 5.71. The summed E-state index contributed by atoms with van der Waals surface area (Å²) >= 11 is 0. The van der Waals surface area contributed by atoms with Crippen LogP contribution in [-0.2, 0) is 0 Å². The number of hydrogen-bond donors (Lipinski definition) is 0. The molecular weight excluding hydrogens is 488 g/mol. The van der Waals surface area contributed by atoms with Crippen molar-refractivity contribution >= 4 is 33.0 Å². The fraction of sp³-hybridized carbons (Fsp3) is 0.162. The van der Waals surface area contributed by atoms with Crippen LogP contribution in [0.5, 0.6) is 0 Å². The lowest BCUT2D eigenvalue weighted by atomic mass is 9.93. The minimum absolute atomic E-state index is 0.395. The molecule has 2 aromatic heterocycles. The quantitative estimate of drug-likeness (QED) is 0.226. The van der Waals surface area contributed by atoms with E-state index in [1.165, 1.54) is 21.9 Å². The van der Waals surface area contributed by atoms with Crippen molar-refractivity contribution in [2.75, 3.05) is 0 Å². The predicted molar refractivity (Wildman–Crippen MR) is 167 cm³/mol. The molecule has 0 amide bonds. The third kappa shape index (κ3) is 4.01. The van der Waals surface area contributed by atoms with E-state index in [0.29, 0.717) is 11.8 Å².